The Morgan fingerprint density at radius 1 is 1.17 bits per heavy atom. The maximum atomic E-state index is 12.4. The van der Waals surface area contributed by atoms with Crippen molar-refractivity contribution in [2.24, 2.45) is 5.16 Å². The van der Waals surface area contributed by atoms with Crippen LogP contribution in [-0.2, 0) is 11.0 Å². The Labute approximate surface area is 133 Å². The van der Waals surface area contributed by atoms with E-state index in [-0.39, 0.29) is 11.3 Å². The third kappa shape index (κ3) is 4.38. The monoisotopic (exact) mass is 338 g/mol. The normalized spacial score (nSPS) is 11.5. The van der Waals surface area contributed by atoms with Gasteiger partial charge < -0.3 is 4.84 Å². The van der Waals surface area contributed by atoms with Crippen LogP contribution in [0.15, 0.2) is 53.7 Å². The van der Waals surface area contributed by atoms with Gasteiger partial charge in [-0.3, -0.25) is 10.1 Å². The number of halogens is 3. The first-order valence-corrected chi connectivity index (χ1v) is 6.44. The molecule has 6 nitrogen and oxygen atoms in total. The second-order valence-corrected chi connectivity index (χ2v) is 4.54. The smallest absolute Gasteiger partial charge is 0.313 e. The summed E-state index contributed by atoms with van der Waals surface area (Å²) in [6.45, 7) is 0. The molecule has 0 aromatic heterocycles. The number of nitrogens with zero attached hydrogens (tertiary/aromatic N) is 2. The Morgan fingerprint density at radius 3 is 2.42 bits per heavy atom. The summed E-state index contributed by atoms with van der Waals surface area (Å²) in [4.78, 5) is 26.2. The van der Waals surface area contributed by atoms with Crippen molar-refractivity contribution >= 4 is 17.9 Å². The number of non-ortho nitro benzene ring substituents is 1. The molecule has 0 bridgehead atoms. The molecule has 0 aliphatic heterocycles. The number of oxime groups is 1. The summed E-state index contributed by atoms with van der Waals surface area (Å²) in [6, 6.07) is 8.87. The number of hydrogen-bond donors (Lipinski definition) is 0. The predicted molar refractivity (Wildman–Crippen MR) is 77.5 cm³/mol. The zero-order valence-electron chi connectivity index (χ0n) is 11.9. The highest BCUT2D eigenvalue weighted by Gasteiger charge is 2.30. The van der Waals surface area contributed by atoms with Crippen LogP contribution in [0.25, 0.3) is 0 Å². The van der Waals surface area contributed by atoms with E-state index in [2.05, 4.69) is 9.99 Å². The first kappa shape index (κ1) is 17.1. The number of alkyl halides is 3. The lowest BCUT2D eigenvalue weighted by atomic mass is 10.1. The van der Waals surface area contributed by atoms with E-state index < -0.39 is 22.6 Å². The van der Waals surface area contributed by atoms with Crippen molar-refractivity contribution in [3.63, 3.8) is 0 Å². The highest BCUT2D eigenvalue weighted by Crippen LogP contribution is 2.29. The molecule has 0 saturated heterocycles. The molecule has 0 N–H and O–H groups in total. The molecule has 0 atom stereocenters. The Kier molecular flexibility index (Phi) is 4.93. The summed E-state index contributed by atoms with van der Waals surface area (Å²) < 4.78 is 37.2. The van der Waals surface area contributed by atoms with Crippen LogP contribution in [0.4, 0.5) is 18.9 Å². The predicted octanol–water partition coefficient (Wildman–Crippen LogP) is 3.80. The summed E-state index contributed by atoms with van der Waals surface area (Å²) in [7, 11) is 0. The Bertz CT molecular complexity index is 786. The molecule has 2 aromatic rings. The lowest BCUT2D eigenvalue weighted by molar-refractivity contribution is -0.384. The van der Waals surface area contributed by atoms with E-state index in [1.807, 2.05) is 0 Å². The number of nitro groups is 1. The Hall–Kier alpha value is -3.23. The number of nitro benzene ring substituents is 1. The van der Waals surface area contributed by atoms with Crippen LogP contribution in [0.5, 0.6) is 0 Å². The van der Waals surface area contributed by atoms with Crippen molar-refractivity contribution in [2.75, 3.05) is 0 Å². The molecule has 0 fully saturated rings. The van der Waals surface area contributed by atoms with Crippen molar-refractivity contribution < 1.29 is 27.7 Å². The first-order valence-electron chi connectivity index (χ1n) is 6.44. The molecule has 24 heavy (non-hydrogen) atoms. The fraction of sp³-hybridized carbons (Fsp3) is 0.0667. The largest absolute Gasteiger partial charge is 0.416 e. The van der Waals surface area contributed by atoms with Gasteiger partial charge in [0, 0.05) is 17.7 Å². The van der Waals surface area contributed by atoms with E-state index in [1.54, 1.807) is 0 Å². The highest BCUT2D eigenvalue weighted by molar-refractivity contribution is 5.90. The van der Waals surface area contributed by atoms with Gasteiger partial charge in [0.1, 0.15) is 0 Å². The third-order valence-electron chi connectivity index (χ3n) is 2.87. The molecule has 124 valence electrons. The molecule has 0 aliphatic rings. The molecule has 0 saturated carbocycles. The summed E-state index contributed by atoms with van der Waals surface area (Å²) in [5.41, 5.74) is -0.837. The lowest BCUT2D eigenvalue weighted by Gasteiger charge is -2.06. The van der Waals surface area contributed by atoms with Gasteiger partial charge in [0.25, 0.3) is 5.69 Å². The molecule has 0 unspecified atom stereocenters. The second kappa shape index (κ2) is 6.90. The first-order chi connectivity index (χ1) is 11.3. The van der Waals surface area contributed by atoms with Gasteiger partial charge in [-0.1, -0.05) is 17.3 Å². The maximum Gasteiger partial charge on any atom is 0.416 e. The lowest BCUT2D eigenvalue weighted by Crippen LogP contribution is -2.06. The van der Waals surface area contributed by atoms with Crippen molar-refractivity contribution in [3.8, 4) is 0 Å². The van der Waals surface area contributed by atoms with Crippen molar-refractivity contribution in [1.29, 1.82) is 0 Å². The number of rotatable bonds is 4. The Morgan fingerprint density at radius 2 is 1.83 bits per heavy atom. The van der Waals surface area contributed by atoms with Crippen molar-refractivity contribution in [3.05, 3.63) is 75.3 Å². The minimum Gasteiger partial charge on any atom is -0.313 e. The second-order valence-electron chi connectivity index (χ2n) is 4.54. The van der Waals surface area contributed by atoms with E-state index >= 15 is 0 Å². The minimum atomic E-state index is -4.50. The zero-order chi connectivity index (χ0) is 17.7. The van der Waals surface area contributed by atoms with Crippen LogP contribution in [0.1, 0.15) is 21.5 Å². The van der Waals surface area contributed by atoms with Crippen LogP contribution in [-0.4, -0.2) is 17.1 Å². The summed E-state index contributed by atoms with van der Waals surface area (Å²) >= 11 is 0. The number of carbonyl (C=O) groups is 1. The topological polar surface area (TPSA) is 81.8 Å². The van der Waals surface area contributed by atoms with Crippen molar-refractivity contribution in [1.82, 2.24) is 0 Å². The van der Waals surface area contributed by atoms with E-state index in [9.17, 15) is 28.1 Å². The van der Waals surface area contributed by atoms with Crippen LogP contribution in [0, 0.1) is 10.1 Å². The molecule has 2 aromatic carbocycles. The molecular formula is C15H9F3N2O4. The van der Waals surface area contributed by atoms with E-state index in [1.165, 1.54) is 24.3 Å². The fourth-order valence-corrected chi connectivity index (χ4v) is 1.70. The third-order valence-corrected chi connectivity index (χ3v) is 2.87. The minimum absolute atomic E-state index is 0.112. The molecule has 0 amide bonds. The average Bonchev–Trinajstić information content (AvgIpc) is 2.54. The van der Waals surface area contributed by atoms with Gasteiger partial charge in [-0.25, -0.2) is 4.79 Å². The zero-order valence-corrected chi connectivity index (χ0v) is 11.9. The van der Waals surface area contributed by atoms with Crippen LogP contribution >= 0.6 is 0 Å². The van der Waals surface area contributed by atoms with Gasteiger partial charge in [-0.2, -0.15) is 13.2 Å². The molecular weight excluding hydrogens is 329 g/mol. The van der Waals surface area contributed by atoms with Gasteiger partial charge in [-0.05, 0) is 24.3 Å². The van der Waals surface area contributed by atoms with Gasteiger partial charge in [0.2, 0.25) is 0 Å². The number of benzene rings is 2. The number of hydrogen-bond acceptors (Lipinski definition) is 5. The summed E-state index contributed by atoms with van der Waals surface area (Å²) in [6.07, 6.45) is -3.42. The maximum absolute atomic E-state index is 12.4. The molecule has 2 rings (SSSR count). The van der Waals surface area contributed by atoms with Gasteiger partial charge in [0.15, 0.2) is 0 Å². The standard InChI is InChI=1S/C15H9F3N2O4/c16-15(17,18)12-6-4-11(5-7-12)14(21)24-19-9-10-2-1-3-13(8-10)20(22)23/h1-9H. The highest BCUT2D eigenvalue weighted by atomic mass is 19.4. The van der Waals surface area contributed by atoms with Crippen LogP contribution in [0.2, 0.25) is 0 Å². The molecule has 0 spiro atoms. The quantitative estimate of drug-likeness (QED) is 0.367. The number of carbonyl (C=O) groups excluding carboxylic acids is 1. The summed E-state index contributed by atoms with van der Waals surface area (Å²) in [5.74, 6) is -0.953. The summed E-state index contributed by atoms with van der Waals surface area (Å²) in [5, 5.41) is 14.0. The fourth-order valence-electron chi connectivity index (χ4n) is 1.70. The molecule has 9 heteroatoms. The Balaban J connectivity index is 2.02. The molecule has 0 heterocycles. The molecule has 0 radical (unpaired) electrons. The van der Waals surface area contributed by atoms with Crippen LogP contribution < -0.4 is 0 Å². The van der Waals surface area contributed by atoms with Gasteiger partial charge in [0.05, 0.1) is 22.3 Å². The van der Waals surface area contributed by atoms with Crippen LogP contribution in [0.3, 0.4) is 0 Å². The van der Waals surface area contributed by atoms with Crippen molar-refractivity contribution in [2.45, 2.75) is 6.18 Å². The van der Waals surface area contributed by atoms with E-state index in [4.69, 9.17) is 0 Å². The average molecular weight is 338 g/mol. The molecule has 0 aliphatic carbocycles. The van der Waals surface area contributed by atoms with E-state index in [0.29, 0.717) is 5.56 Å². The van der Waals surface area contributed by atoms with E-state index in [0.717, 1.165) is 30.5 Å². The van der Waals surface area contributed by atoms with Gasteiger partial charge in [-0.15, -0.1) is 0 Å². The SMILES string of the molecule is O=C(ON=Cc1cccc([N+](=O)[O-])c1)c1ccc(C(F)(F)F)cc1. The van der Waals surface area contributed by atoms with Gasteiger partial charge >= 0.3 is 12.1 Å².